The lowest BCUT2D eigenvalue weighted by Gasteiger charge is -2.00. The van der Waals surface area contributed by atoms with Crippen LogP contribution < -0.4 is 9.30 Å². The van der Waals surface area contributed by atoms with Gasteiger partial charge in [-0.3, -0.25) is 0 Å². The average Bonchev–Trinajstić information content (AvgIpc) is 2.54. The van der Waals surface area contributed by atoms with E-state index in [4.69, 9.17) is 9.47 Å². The molecule has 2 rings (SSSR count). The van der Waals surface area contributed by atoms with Gasteiger partial charge in [0.2, 0.25) is 5.69 Å². The van der Waals surface area contributed by atoms with Crippen LogP contribution in [0.15, 0.2) is 48.7 Å². The Bertz CT molecular complexity index is 633. The quantitative estimate of drug-likeness (QED) is 0.810. The minimum Gasteiger partial charge on any atom is -0.497 e. The van der Waals surface area contributed by atoms with Gasteiger partial charge in [0.1, 0.15) is 5.75 Å². The first-order valence-electron chi connectivity index (χ1n) is 6.74. The number of rotatable bonds is 4. The van der Waals surface area contributed by atoms with Gasteiger partial charge < -0.3 is 9.47 Å². The average molecular weight is 284 g/mol. The Labute approximate surface area is 124 Å². The molecule has 0 N–H and O–H groups in total. The van der Waals surface area contributed by atoms with Gasteiger partial charge in [-0.15, -0.1) is 0 Å². The van der Waals surface area contributed by atoms with Gasteiger partial charge in [-0.2, -0.15) is 4.79 Å². The summed E-state index contributed by atoms with van der Waals surface area (Å²) in [7, 11) is 1.64. The van der Waals surface area contributed by atoms with Gasteiger partial charge in [0.05, 0.1) is 13.7 Å². The molecule has 0 radical (unpaired) electrons. The summed E-state index contributed by atoms with van der Waals surface area (Å²) >= 11 is 0. The highest BCUT2D eigenvalue weighted by Gasteiger charge is 2.18. The summed E-state index contributed by atoms with van der Waals surface area (Å²) in [5.41, 5.74) is 1.78. The summed E-state index contributed by atoms with van der Waals surface area (Å²) in [6, 6.07) is 13.2. The van der Waals surface area contributed by atoms with Crippen molar-refractivity contribution >= 4 is 18.2 Å². The lowest BCUT2D eigenvalue weighted by atomic mass is 10.2. The van der Waals surface area contributed by atoms with Crippen molar-refractivity contribution in [3.8, 4) is 5.75 Å². The Morgan fingerprint density at radius 2 is 1.90 bits per heavy atom. The monoisotopic (exact) mass is 284 g/mol. The molecule has 1 aromatic carbocycles. The van der Waals surface area contributed by atoms with E-state index in [9.17, 15) is 4.79 Å². The van der Waals surface area contributed by atoms with Crippen LogP contribution in [0.5, 0.6) is 5.75 Å². The van der Waals surface area contributed by atoms with E-state index < -0.39 is 0 Å². The summed E-state index contributed by atoms with van der Waals surface area (Å²) in [5, 5.41) is 0. The fourth-order valence-electron chi connectivity index (χ4n) is 1.85. The van der Waals surface area contributed by atoms with Crippen LogP contribution in [0, 0.1) is 0 Å². The van der Waals surface area contributed by atoms with Crippen molar-refractivity contribution in [3.05, 3.63) is 59.9 Å². The number of methoxy groups -OCH3 is 1. The molecule has 108 valence electrons. The Balaban J connectivity index is 2.22. The highest BCUT2D eigenvalue weighted by Crippen LogP contribution is 2.13. The zero-order valence-corrected chi connectivity index (χ0v) is 12.2. The zero-order chi connectivity index (χ0) is 15.1. The van der Waals surface area contributed by atoms with E-state index in [1.807, 2.05) is 48.6 Å². The Morgan fingerprint density at radius 1 is 1.14 bits per heavy atom. The number of nitrogens with zero attached hydrogens (tertiary/aromatic N) is 1. The Morgan fingerprint density at radius 3 is 2.57 bits per heavy atom. The molecule has 4 nitrogen and oxygen atoms in total. The van der Waals surface area contributed by atoms with E-state index in [1.54, 1.807) is 26.3 Å². The van der Waals surface area contributed by atoms with E-state index in [-0.39, 0.29) is 6.09 Å². The number of carbonyl (C=O) groups is 1. The maximum atomic E-state index is 11.9. The molecule has 0 saturated carbocycles. The lowest BCUT2D eigenvalue weighted by molar-refractivity contribution is -0.587. The van der Waals surface area contributed by atoms with E-state index in [2.05, 4.69) is 0 Å². The number of hydrogen-bond acceptors (Lipinski definition) is 3. The fraction of sp³-hybridized carbons (Fsp3) is 0.176. The molecular formula is C17H18NO3+. The molecule has 1 aromatic heterocycles. The Kier molecular flexibility index (Phi) is 5.10. The number of ether oxygens (including phenoxy) is 2. The van der Waals surface area contributed by atoms with Gasteiger partial charge in [-0.25, -0.2) is 0 Å². The van der Waals surface area contributed by atoms with Crippen LogP contribution in [0.25, 0.3) is 12.2 Å². The molecule has 4 heteroatoms. The zero-order valence-electron chi connectivity index (χ0n) is 12.2. The van der Waals surface area contributed by atoms with Crippen LogP contribution in [-0.4, -0.2) is 19.8 Å². The third-order valence-electron chi connectivity index (χ3n) is 2.92. The summed E-state index contributed by atoms with van der Waals surface area (Å²) in [4.78, 5) is 11.9. The second-order valence-corrected chi connectivity index (χ2v) is 4.30. The first-order valence-corrected chi connectivity index (χ1v) is 6.74. The molecule has 0 aliphatic heterocycles. The smallest absolute Gasteiger partial charge is 0.497 e. The molecule has 0 aliphatic carbocycles. The molecule has 21 heavy (non-hydrogen) atoms. The first-order chi connectivity index (χ1) is 10.2. The van der Waals surface area contributed by atoms with Crippen LogP contribution in [0.1, 0.15) is 18.2 Å². The topological polar surface area (TPSA) is 39.4 Å². The van der Waals surface area contributed by atoms with Gasteiger partial charge in [0.15, 0.2) is 6.20 Å². The molecule has 0 amide bonds. The van der Waals surface area contributed by atoms with Crippen molar-refractivity contribution in [2.24, 2.45) is 0 Å². The summed E-state index contributed by atoms with van der Waals surface area (Å²) < 4.78 is 11.6. The largest absolute Gasteiger partial charge is 0.602 e. The third kappa shape index (κ3) is 3.92. The van der Waals surface area contributed by atoms with Crippen LogP contribution >= 0.6 is 0 Å². The van der Waals surface area contributed by atoms with E-state index in [0.717, 1.165) is 17.0 Å². The van der Waals surface area contributed by atoms with E-state index >= 15 is 0 Å². The van der Waals surface area contributed by atoms with E-state index in [1.165, 1.54) is 4.57 Å². The summed E-state index contributed by atoms with van der Waals surface area (Å²) in [6.45, 7) is 2.14. The third-order valence-corrected chi connectivity index (χ3v) is 2.92. The molecular weight excluding hydrogens is 266 g/mol. The SMILES string of the molecule is CCOC(=O)[n+]1ccccc1/C=C/c1ccc(OC)cc1. The molecule has 1 heterocycles. The number of pyridine rings is 1. The van der Waals surface area contributed by atoms with Gasteiger partial charge in [0.25, 0.3) is 0 Å². The van der Waals surface area contributed by atoms with Crippen molar-refractivity contribution in [2.45, 2.75) is 6.92 Å². The molecule has 0 bridgehead atoms. The summed E-state index contributed by atoms with van der Waals surface area (Å²) in [6.07, 6.45) is 5.11. The maximum Gasteiger partial charge on any atom is 0.602 e. The highest BCUT2D eigenvalue weighted by molar-refractivity contribution is 5.69. The lowest BCUT2D eigenvalue weighted by Crippen LogP contribution is -2.45. The van der Waals surface area contributed by atoms with Crippen molar-refractivity contribution in [1.82, 2.24) is 0 Å². The minimum atomic E-state index is -0.382. The summed E-state index contributed by atoms with van der Waals surface area (Å²) in [5.74, 6) is 0.813. The van der Waals surface area contributed by atoms with E-state index in [0.29, 0.717) is 6.61 Å². The standard InChI is InChI=1S/C17H18NO3/c1-3-21-17(19)18-13-5-4-6-15(18)10-7-14-8-11-16(20-2)12-9-14/h4-13H,3H2,1-2H3/q+1/b10-7+. The minimum absolute atomic E-state index is 0.350. The van der Waals surface area contributed by atoms with Crippen molar-refractivity contribution < 1.29 is 18.8 Å². The molecule has 0 spiro atoms. The molecule has 2 aromatic rings. The van der Waals surface area contributed by atoms with Crippen LogP contribution in [0.3, 0.4) is 0 Å². The van der Waals surface area contributed by atoms with Gasteiger partial charge in [0, 0.05) is 18.2 Å². The molecule has 0 atom stereocenters. The maximum absolute atomic E-state index is 11.9. The first kappa shape index (κ1) is 14.8. The fourth-order valence-corrected chi connectivity index (χ4v) is 1.85. The predicted molar refractivity (Wildman–Crippen MR) is 81.0 cm³/mol. The molecule has 0 saturated heterocycles. The van der Waals surface area contributed by atoms with Gasteiger partial charge in [-0.05, 0) is 36.8 Å². The normalized spacial score (nSPS) is 10.6. The number of aromatic nitrogens is 1. The molecule has 0 unspecified atom stereocenters. The second-order valence-electron chi connectivity index (χ2n) is 4.30. The van der Waals surface area contributed by atoms with Crippen molar-refractivity contribution in [2.75, 3.05) is 13.7 Å². The number of carbonyl (C=O) groups excluding carboxylic acids is 1. The van der Waals surface area contributed by atoms with Crippen LogP contribution in [0.2, 0.25) is 0 Å². The van der Waals surface area contributed by atoms with Crippen LogP contribution in [-0.2, 0) is 4.74 Å². The number of hydrogen-bond donors (Lipinski definition) is 0. The van der Waals surface area contributed by atoms with Gasteiger partial charge >= 0.3 is 6.09 Å². The number of benzene rings is 1. The Hall–Kier alpha value is -2.62. The second kappa shape index (κ2) is 7.24. The molecule has 0 aliphatic rings. The van der Waals surface area contributed by atoms with Crippen molar-refractivity contribution in [1.29, 1.82) is 0 Å². The molecule has 0 fully saturated rings. The predicted octanol–water partition coefficient (Wildman–Crippen LogP) is 3.16. The highest BCUT2D eigenvalue weighted by atomic mass is 16.5. The van der Waals surface area contributed by atoms with Crippen LogP contribution in [0.4, 0.5) is 4.79 Å². The van der Waals surface area contributed by atoms with Crippen molar-refractivity contribution in [3.63, 3.8) is 0 Å². The van der Waals surface area contributed by atoms with Gasteiger partial charge in [-0.1, -0.05) is 16.7 Å².